The molecule has 0 radical (unpaired) electrons. The van der Waals surface area contributed by atoms with Crippen LogP contribution in [0.4, 0.5) is 14.9 Å². The molecule has 0 saturated heterocycles. The zero-order valence-electron chi connectivity index (χ0n) is 8.77. The summed E-state index contributed by atoms with van der Waals surface area (Å²) < 4.78 is 17.6. The number of amides is 1. The van der Waals surface area contributed by atoms with Crippen LogP contribution in [0.2, 0.25) is 0 Å². The molecular weight excluding hydrogens is 229 g/mol. The summed E-state index contributed by atoms with van der Waals surface area (Å²) >= 11 is 0. The van der Waals surface area contributed by atoms with Crippen LogP contribution in [0.5, 0.6) is 0 Å². The molecule has 0 aliphatic heterocycles. The predicted molar refractivity (Wildman–Crippen MR) is 58.5 cm³/mol. The maximum atomic E-state index is 13.0. The second kappa shape index (κ2) is 5.64. The van der Waals surface area contributed by atoms with Gasteiger partial charge in [-0.1, -0.05) is 12.7 Å². The molecule has 5 nitrogen and oxygen atoms in total. The van der Waals surface area contributed by atoms with Crippen LogP contribution < -0.4 is 5.32 Å². The minimum absolute atomic E-state index is 0.0266. The quantitative estimate of drug-likeness (QED) is 0.790. The number of halogens is 1. The Bertz CT molecular complexity index is 459. The largest absolute Gasteiger partial charge is 0.478 e. The van der Waals surface area contributed by atoms with Gasteiger partial charge in [-0.3, -0.25) is 5.32 Å². The second-order valence-corrected chi connectivity index (χ2v) is 3.01. The van der Waals surface area contributed by atoms with Gasteiger partial charge in [-0.25, -0.2) is 14.0 Å². The first kappa shape index (κ1) is 12.7. The van der Waals surface area contributed by atoms with E-state index in [0.717, 1.165) is 12.1 Å². The second-order valence-electron chi connectivity index (χ2n) is 3.01. The highest BCUT2D eigenvalue weighted by Crippen LogP contribution is 2.15. The zero-order chi connectivity index (χ0) is 12.8. The van der Waals surface area contributed by atoms with Crippen molar-refractivity contribution in [3.05, 3.63) is 42.2 Å². The van der Waals surface area contributed by atoms with Gasteiger partial charge >= 0.3 is 12.1 Å². The summed E-state index contributed by atoms with van der Waals surface area (Å²) in [5.74, 6) is -2.28. The third kappa shape index (κ3) is 3.60. The zero-order valence-corrected chi connectivity index (χ0v) is 8.77. The summed E-state index contributed by atoms with van der Waals surface area (Å²) in [5, 5.41) is 10.9. The monoisotopic (exact) mass is 239 g/mol. The van der Waals surface area contributed by atoms with Gasteiger partial charge in [0.25, 0.3) is 0 Å². The number of nitrogens with one attached hydrogen (secondary N) is 1. The van der Waals surface area contributed by atoms with E-state index in [0.29, 0.717) is 0 Å². The Labute approximate surface area is 96.5 Å². The molecule has 0 heterocycles. The van der Waals surface area contributed by atoms with Crippen LogP contribution in [0.1, 0.15) is 10.4 Å². The molecule has 1 aromatic rings. The summed E-state index contributed by atoms with van der Waals surface area (Å²) in [5.41, 5.74) is -0.385. The fourth-order valence-corrected chi connectivity index (χ4v) is 1.06. The maximum Gasteiger partial charge on any atom is 0.411 e. The summed E-state index contributed by atoms with van der Waals surface area (Å²) in [6.07, 6.45) is 0.611. The molecule has 0 atom stereocenters. The lowest BCUT2D eigenvalue weighted by Crippen LogP contribution is -2.14. The Morgan fingerprint density at radius 1 is 1.53 bits per heavy atom. The first-order valence-electron chi connectivity index (χ1n) is 4.62. The third-order valence-electron chi connectivity index (χ3n) is 1.78. The molecule has 1 amide bonds. The summed E-state index contributed by atoms with van der Waals surface area (Å²) in [4.78, 5) is 21.7. The highest BCUT2D eigenvalue weighted by molar-refractivity contribution is 5.91. The van der Waals surface area contributed by atoms with E-state index < -0.39 is 23.4 Å². The number of carboxylic acids is 1. The topological polar surface area (TPSA) is 75.6 Å². The summed E-state index contributed by atoms with van der Waals surface area (Å²) in [6.45, 7) is 3.38. The number of ether oxygens (including phenoxy) is 1. The smallest absolute Gasteiger partial charge is 0.411 e. The fraction of sp³-hybridized carbons (Fsp3) is 0.0909. The Balaban J connectivity index is 2.79. The Morgan fingerprint density at radius 3 is 2.82 bits per heavy atom. The molecule has 0 unspecified atom stereocenters. The SMILES string of the molecule is C=CCOC(=O)Nc1ccc(F)c(C(=O)O)c1. The van der Waals surface area contributed by atoms with E-state index >= 15 is 0 Å². The molecule has 0 aliphatic carbocycles. The molecule has 0 bridgehead atoms. The van der Waals surface area contributed by atoms with E-state index in [9.17, 15) is 14.0 Å². The molecule has 1 rings (SSSR count). The first-order valence-corrected chi connectivity index (χ1v) is 4.62. The van der Waals surface area contributed by atoms with E-state index in [2.05, 4.69) is 16.6 Å². The van der Waals surface area contributed by atoms with E-state index in [1.807, 2.05) is 0 Å². The Morgan fingerprint density at radius 2 is 2.24 bits per heavy atom. The molecule has 0 aliphatic rings. The van der Waals surface area contributed by atoms with Crippen molar-refractivity contribution in [2.45, 2.75) is 0 Å². The highest BCUT2D eigenvalue weighted by atomic mass is 19.1. The fourth-order valence-electron chi connectivity index (χ4n) is 1.06. The summed E-state index contributed by atoms with van der Waals surface area (Å²) in [6, 6.07) is 3.19. The lowest BCUT2D eigenvalue weighted by molar-refractivity contribution is 0.0692. The average molecular weight is 239 g/mol. The van der Waals surface area contributed by atoms with Crippen molar-refractivity contribution in [2.75, 3.05) is 11.9 Å². The average Bonchev–Trinajstić information content (AvgIpc) is 2.28. The maximum absolute atomic E-state index is 13.0. The molecular formula is C11H10FNO4. The van der Waals surface area contributed by atoms with Gasteiger partial charge in [0.05, 0.1) is 5.56 Å². The number of carbonyl (C=O) groups excluding carboxylic acids is 1. The molecule has 0 saturated carbocycles. The summed E-state index contributed by atoms with van der Waals surface area (Å²) in [7, 11) is 0. The predicted octanol–water partition coefficient (Wildman–Crippen LogP) is 2.26. The van der Waals surface area contributed by atoms with Crippen LogP contribution in [0.15, 0.2) is 30.9 Å². The van der Waals surface area contributed by atoms with Gasteiger partial charge < -0.3 is 9.84 Å². The van der Waals surface area contributed by atoms with Crippen LogP contribution in [0, 0.1) is 5.82 Å². The number of carboxylic acid groups (broad SMARTS) is 1. The first-order chi connectivity index (χ1) is 8.04. The number of anilines is 1. The molecule has 0 spiro atoms. The Hall–Kier alpha value is -2.37. The molecule has 6 heteroatoms. The van der Waals surface area contributed by atoms with E-state index in [-0.39, 0.29) is 12.3 Å². The minimum Gasteiger partial charge on any atom is -0.478 e. The number of carbonyl (C=O) groups is 2. The van der Waals surface area contributed by atoms with Crippen LogP contribution >= 0.6 is 0 Å². The van der Waals surface area contributed by atoms with Crippen LogP contribution in [-0.2, 0) is 4.74 Å². The van der Waals surface area contributed by atoms with Gasteiger partial charge in [-0.05, 0) is 18.2 Å². The van der Waals surface area contributed by atoms with Crippen molar-refractivity contribution in [3.8, 4) is 0 Å². The van der Waals surface area contributed by atoms with Gasteiger partial charge in [-0.15, -0.1) is 0 Å². The number of benzene rings is 1. The molecule has 90 valence electrons. The third-order valence-corrected chi connectivity index (χ3v) is 1.78. The molecule has 2 N–H and O–H groups in total. The van der Waals surface area contributed by atoms with Crippen molar-refractivity contribution in [2.24, 2.45) is 0 Å². The van der Waals surface area contributed by atoms with E-state index in [1.165, 1.54) is 12.1 Å². The number of rotatable bonds is 4. The lowest BCUT2D eigenvalue weighted by atomic mass is 10.2. The normalized spacial score (nSPS) is 9.47. The molecule has 0 aromatic heterocycles. The highest BCUT2D eigenvalue weighted by Gasteiger charge is 2.12. The van der Waals surface area contributed by atoms with Crippen molar-refractivity contribution in [1.82, 2.24) is 0 Å². The van der Waals surface area contributed by atoms with Crippen LogP contribution in [0.25, 0.3) is 0 Å². The Kier molecular flexibility index (Phi) is 4.21. The van der Waals surface area contributed by atoms with Crippen molar-refractivity contribution >= 4 is 17.7 Å². The molecule has 0 fully saturated rings. The van der Waals surface area contributed by atoms with E-state index in [4.69, 9.17) is 5.11 Å². The number of hydrogen-bond donors (Lipinski definition) is 2. The number of hydrogen-bond acceptors (Lipinski definition) is 3. The van der Waals surface area contributed by atoms with Crippen LogP contribution in [-0.4, -0.2) is 23.8 Å². The van der Waals surface area contributed by atoms with Crippen LogP contribution in [0.3, 0.4) is 0 Å². The van der Waals surface area contributed by atoms with Gasteiger partial charge in [0, 0.05) is 5.69 Å². The van der Waals surface area contributed by atoms with Gasteiger partial charge in [0.2, 0.25) is 0 Å². The standard InChI is InChI=1S/C11H10FNO4/c1-2-5-17-11(16)13-7-3-4-9(12)8(6-7)10(14)15/h2-4,6H,1,5H2,(H,13,16)(H,14,15). The van der Waals surface area contributed by atoms with Gasteiger partial charge in [0.15, 0.2) is 0 Å². The van der Waals surface area contributed by atoms with Gasteiger partial charge in [0.1, 0.15) is 12.4 Å². The number of aromatic carboxylic acids is 1. The van der Waals surface area contributed by atoms with Crippen molar-refractivity contribution in [1.29, 1.82) is 0 Å². The van der Waals surface area contributed by atoms with E-state index in [1.54, 1.807) is 0 Å². The molecule has 17 heavy (non-hydrogen) atoms. The minimum atomic E-state index is -1.41. The van der Waals surface area contributed by atoms with Gasteiger partial charge in [-0.2, -0.15) is 0 Å². The van der Waals surface area contributed by atoms with Crippen molar-refractivity contribution < 1.29 is 23.8 Å². The molecule has 1 aromatic carbocycles. The lowest BCUT2D eigenvalue weighted by Gasteiger charge is -2.06. The van der Waals surface area contributed by atoms with Crippen molar-refractivity contribution in [3.63, 3.8) is 0 Å².